The van der Waals surface area contributed by atoms with Gasteiger partial charge in [-0.25, -0.2) is 4.98 Å². The highest BCUT2D eigenvalue weighted by Crippen LogP contribution is 2.15. The fourth-order valence-corrected chi connectivity index (χ4v) is 1.87. The second-order valence-electron chi connectivity index (χ2n) is 4.16. The molecule has 0 radical (unpaired) electrons. The Morgan fingerprint density at radius 3 is 2.76 bits per heavy atom. The summed E-state index contributed by atoms with van der Waals surface area (Å²) >= 11 is 3.52. The van der Waals surface area contributed by atoms with E-state index in [0.717, 1.165) is 18.7 Å². The van der Waals surface area contributed by atoms with Crippen LogP contribution in [0.5, 0.6) is 5.88 Å². The first-order valence-electron chi connectivity index (χ1n) is 5.86. The number of nitrogens with zero attached hydrogens (tertiary/aromatic N) is 3. The number of hydrogen-bond donors (Lipinski definition) is 0. The van der Waals surface area contributed by atoms with E-state index in [2.05, 4.69) is 39.7 Å². The van der Waals surface area contributed by atoms with Gasteiger partial charge in [-0.05, 0) is 13.3 Å². The molecule has 0 aliphatic heterocycles. The minimum Gasteiger partial charge on any atom is -0.478 e. The Kier molecular flexibility index (Phi) is 5.68. The van der Waals surface area contributed by atoms with Crippen molar-refractivity contribution in [2.75, 3.05) is 25.1 Å². The summed E-state index contributed by atoms with van der Waals surface area (Å²) in [6, 6.07) is 1.87. The molecule has 1 aromatic rings. The first-order chi connectivity index (χ1) is 8.02. The third kappa shape index (κ3) is 4.89. The smallest absolute Gasteiger partial charge is 0.228 e. The summed E-state index contributed by atoms with van der Waals surface area (Å²) in [5.41, 5.74) is 0.926. The second-order valence-corrected chi connectivity index (χ2v) is 5.72. The SMILES string of the molecule is CCCOc1cc(C)nc(N(C)CC(C)Br)n1. The Morgan fingerprint density at radius 1 is 1.47 bits per heavy atom. The van der Waals surface area contributed by atoms with Gasteiger partial charge in [0, 0.05) is 30.2 Å². The van der Waals surface area contributed by atoms with Crippen LogP contribution in [-0.2, 0) is 0 Å². The first kappa shape index (κ1) is 14.2. The molecule has 0 bridgehead atoms. The van der Waals surface area contributed by atoms with Crippen LogP contribution >= 0.6 is 15.9 Å². The van der Waals surface area contributed by atoms with E-state index < -0.39 is 0 Å². The number of alkyl halides is 1. The molecule has 96 valence electrons. The lowest BCUT2D eigenvalue weighted by atomic mass is 10.4. The normalized spacial score (nSPS) is 12.3. The summed E-state index contributed by atoms with van der Waals surface area (Å²) < 4.78 is 5.54. The average Bonchev–Trinajstić information content (AvgIpc) is 2.24. The van der Waals surface area contributed by atoms with Crippen LogP contribution in [0.1, 0.15) is 26.0 Å². The molecule has 1 atom stereocenters. The van der Waals surface area contributed by atoms with Gasteiger partial charge in [0.15, 0.2) is 0 Å². The minimum absolute atomic E-state index is 0.400. The van der Waals surface area contributed by atoms with Gasteiger partial charge in [0.2, 0.25) is 11.8 Å². The lowest BCUT2D eigenvalue weighted by molar-refractivity contribution is 0.304. The van der Waals surface area contributed by atoms with Crippen molar-refractivity contribution in [2.24, 2.45) is 0 Å². The number of aryl methyl sites for hydroxylation is 1. The monoisotopic (exact) mass is 301 g/mol. The lowest BCUT2D eigenvalue weighted by Crippen LogP contribution is -2.26. The van der Waals surface area contributed by atoms with Gasteiger partial charge in [-0.1, -0.05) is 29.8 Å². The standard InChI is InChI=1S/C12H20BrN3O/c1-5-6-17-11-7-10(3)14-12(15-11)16(4)8-9(2)13/h7,9H,5-6,8H2,1-4H3. The van der Waals surface area contributed by atoms with E-state index in [9.17, 15) is 0 Å². The van der Waals surface area contributed by atoms with Gasteiger partial charge >= 0.3 is 0 Å². The zero-order valence-corrected chi connectivity index (χ0v) is 12.5. The molecule has 0 aliphatic carbocycles. The van der Waals surface area contributed by atoms with Crippen molar-refractivity contribution < 1.29 is 4.74 Å². The average molecular weight is 302 g/mol. The summed E-state index contributed by atoms with van der Waals surface area (Å²) in [6.45, 7) is 7.68. The Bertz CT molecular complexity index is 358. The molecular weight excluding hydrogens is 282 g/mol. The van der Waals surface area contributed by atoms with Crippen LogP contribution in [0.2, 0.25) is 0 Å². The van der Waals surface area contributed by atoms with Crippen molar-refractivity contribution in [3.05, 3.63) is 11.8 Å². The molecule has 0 aliphatic rings. The second kappa shape index (κ2) is 6.79. The number of anilines is 1. The molecule has 4 nitrogen and oxygen atoms in total. The van der Waals surface area contributed by atoms with Crippen LogP contribution < -0.4 is 9.64 Å². The molecule has 1 unspecified atom stereocenters. The highest BCUT2D eigenvalue weighted by Gasteiger charge is 2.09. The Morgan fingerprint density at radius 2 is 2.18 bits per heavy atom. The highest BCUT2D eigenvalue weighted by molar-refractivity contribution is 9.09. The summed E-state index contributed by atoms with van der Waals surface area (Å²) in [6.07, 6.45) is 0.979. The minimum atomic E-state index is 0.400. The third-order valence-electron chi connectivity index (χ3n) is 2.14. The Labute approximate surface area is 112 Å². The third-order valence-corrected chi connectivity index (χ3v) is 2.43. The lowest BCUT2D eigenvalue weighted by Gasteiger charge is -2.19. The van der Waals surface area contributed by atoms with Crippen molar-refractivity contribution in [3.63, 3.8) is 0 Å². The van der Waals surface area contributed by atoms with Crippen LogP contribution in [0.15, 0.2) is 6.07 Å². The predicted octanol–water partition coefficient (Wildman–Crippen LogP) is 2.79. The van der Waals surface area contributed by atoms with Gasteiger partial charge in [0.25, 0.3) is 0 Å². The molecule has 17 heavy (non-hydrogen) atoms. The molecule has 0 fully saturated rings. The maximum atomic E-state index is 5.54. The number of ether oxygens (including phenoxy) is 1. The van der Waals surface area contributed by atoms with E-state index in [-0.39, 0.29) is 0 Å². The molecule has 1 heterocycles. The Balaban J connectivity index is 2.80. The molecule has 0 N–H and O–H groups in total. The molecule has 0 saturated heterocycles. The Hall–Kier alpha value is -0.840. The zero-order chi connectivity index (χ0) is 12.8. The van der Waals surface area contributed by atoms with E-state index in [0.29, 0.717) is 23.3 Å². The number of rotatable bonds is 6. The van der Waals surface area contributed by atoms with E-state index in [1.54, 1.807) is 0 Å². The van der Waals surface area contributed by atoms with Gasteiger partial charge in [-0.2, -0.15) is 4.98 Å². The predicted molar refractivity (Wildman–Crippen MR) is 74.2 cm³/mol. The first-order valence-corrected chi connectivity index (χ1v) is 6.78. The molecule has 0 spiro atoms. The fourth-order valence-electron chi connectivity index (χ4n) is 1.43. The zero-order valence-electron chi connectivity index (χ0n) is 10.9. The van der Waals surface area contributed by atoms with Crippen LogP contribution in [0.3, 0.4) is 0 Å². The van der Waals surface area contributed by atoms with Crippen LogP contribution in [-0.4, -0.2) is 35.0 Å². The van der Waals surface area contributed by atoms with Crippen molar-refractivity contribution >= 4 is 21.9 Å². The van der Waals surface area contributed by atoms with Crippen molar-refractivity contribution in [3.8, 4) is 5.88 Å². The summed E-state index contributed by atoms with van der Waals surface area (Å²) in [5, 5.41) is 0. The maximum Gasteiger partial charge on any atom is 0.228 e. The molecule has 0 amide bonds. The molecule has 0 aromatic carbocycles. The number of halogens is 1. The van der Waals surface area contributed by atoms with Gasteiger partial charge in [-0.15, -0.1) is 0 Å². The fraction of sp³-hybridized carbons (Fsp3) is 0.667. The van der Waals surface area contributed by atoms with E-state index in [1.807, 2.05) is 24.9 Å². The molecule has 1 aromatic heterocycles. The van der Waals surface area contributed by atoms with Crippen LogP contribution in [0.4, 0.5) is 5.95 Å². The van der Waals surface area contributed by atoms with Gasteiger partial charge in [-0.3, -0.25) is 0 Å². The van der Waals surface area contributed by atoms with E-state index in [1.165, 1.54) is 0 Å². The molecule has 0 saturated carbocycles. The number of hydrogen-bond acceptors (Lipinski definition) is 4. The van der Waals surface area contributed by atoms with Crippen molar-refractivity contribution in [2.45, 2.75) is 32.0 Å². The number of aromatic nitrogens is 2. The largest absolute Gasteiger partial charge is 0.478 e. The van der Waals surface area contributed by atoms with E-state index in [4.69, 9.17) is 4.74 Å². The van der Waals surface area contributed by atoms with Gasteiger partial charge in [0.05, 0.1) is 6.61 Å². The molecular formula is C12H20BrN3O. The van der Waals surface area contributed by atoms with E-state index >= 15 is 0 Å². The van der Waals surface area contributed by atoms with Crippen molar-refractivity contribution in [1.29, 1.82) is 0 Å². The highest BCUT2D eigenvalue weighted by atomic mass is 79.9. The summed E-state index contributed by atoms with van der Waals surface area (Å²) in [4.78, 5) is 11.2. The topological polar surface area (TPSA) is 38.2 Å². The molecule has 5 heteroatoms. The molecule has 1 rings (SSSR count). The van der Waals surface area contributed by atoms with Crippen LogP contribution in [0, 0.1) is 6.92 Å². The maximum absolute atomic E-state index is 5.54. The van der Waals surface area contributed by atoms with Crippen LogP contribution in [0.25, 0.3) is 0 Å². The summed E-state index contributed by atoms with van der Waals surface area (Å²) in [5.74, 6) is 1.37. The van der Waals surface area contributed by atoms with Gasteiger partial charge in [0.1, 0.15) is 0 Å². The quantitative estimate of drug-likeness (QED) is 0.757. The summed E-state index contributed by atoms with van der Waals surface area (Å²) in [7, 11) is 1.98. The van der Waals surface area contributed by atoms with Gasteiger partial charge < -0.3 is 9.64 Å². The van der Waals surface area contributed by atoms with Crippen molar-refractivity contribution in [1.82, 2.24) is 9.97 Å².